The van der Waals surface area contributed by atoms with Crippen molar-refractivity contribution in [3.05, 3.63) is 17.5 Å². The van der Waals surface area contributed by atoms with E-state index in [0.717, 1.165) is 11.5 Å². The summed E-state index contributed by atoms with van der Waals surface area (Å²) < 4.78 is 4.81. The summed E-state index contributed by atoms with van der Waals surface area (Å²) in [7, 11) is 0. The largest absolute Gasteiger partial charge is 0.361 e. The van der Waals surface area contributed by atoms with E-state index >= 15 is 0 Å². The maximum absolute atomic E-state index is 4.81. The second kappa shape index (κ2) is 3.00. The molecule has 1 heterocycles. The van der Waals surface area contributed by atoms with E-state index in [0.29, 0.717) is 6.54 Å². The molecule has 0 aliphatic carbocycles. The first-order valence-corrected chi connectivity index (χ1v) is 2.93. The number of rotatable bonds is 3. The Bertz CT molecular complexity index is 219. The van der Waals surface area contributed by atoms with Crippen LogP contribution in [0.4, 0.5) is 0 Å². The fraction of sp³-hybridized carbons (Fsp3) is 0.333. The molecule has 0 amide bonds. The number of nitrogens with zero attached hydrogens (tertiary/aromatic N) is 2. The summed E-state index contributed by atoms with van der Waals surface area (Å²) >= 11 is 0. The van der Waals surface area contributed by atoms with Gasteiger partial charge in [0.2, 0.25) is 0 Å². The van der Waals surface area contributed by atoms with Gasteiger partial charge in [0.15, 0.2) is 0 Å². The molecule has 0 saturated heterocycles. The molecule has 1 rings (SSSR count). The highest BCUT2D eigenvalue weighted by atomic mass is 16.5. The van der Waals surface area contributed by atoms with Gasteiger partial charge < -0.3 is 9.95 Å². The summed E-state index contributed by atoms with van der Waals surface area (Å²) in [4.78, 5) is 0. The minimum atomic E-state index is 0.570. The second-order valence-corrected chi connectivity index (χ2v) is 1.92. The number of aryl methyl sites for hydroxylation is 1. The lowest BCUT2D eigenvalue weighted by molar-refractivity contribution is 0.388. The smallest absolute Gasteiger partial charge is 0.133 e. The van der Waals surface area contributed by atoms with Gasteiger partial charge in [-0.25, -0.2) is 0 Å². The van der Waals surface area contributed by atoms with Crippen LogP contribution in [0, 0.1) is 6.92 Å². The number of hydrazone groups is 1. The minimum absolute atomic E-state index is 0.570. The van der Waals surface area contributed by atoms with Crippen LogP contribution in [0.3, 0.4) is 0 Å². The Morgan fingerprint density at radius 1 is 1.90 bits per heavy atom. The molecule has 0 spiro atoms. The van der Waals surface area contributed by atoms with Gasteiger partial charge in [-0.3, -0.25) is 0 Å². The van der Waals surface area contributed by atoms with Crippen molar-refractivity contribution < 1.29 is 4.52 Å². The topological polar surface area (TPSA) is 50.4 Å². The fourth-order valence-corrected chi connectivity index (χ4v) is 0.638. The summed E-state index contributed by atoms with van der Waals surface area (Å²) in [6, 6.07) is 1.85. The molecule has 0 unspecified atom stereocenters. The Morgan fingerprint density at radius 3 is 3.20 bits per heavy atom. The van der Waals surface area contributed by atoms with Crippen LogP contribution in [0.15, 0.2) is 15.7 Å². The lowest BCUT2D eigenvalue weighted by Crippen LogP contribution is -2.03. The highest BCUT2D eigenvalue weighted by Crippen LogP contribution is 1.99. The van der Waals surface area contributed by atoms with E-state index in [1.165, 1.54) is 0 Å². The lowest BCUT2D eigenvalue weighted by Gasteiger charge is -1.90. The van der Waals surface area contributed by atoms with Gasteiger partial charge in [-0.05, 0) is 6.92 Å². The SMILES string of the molecule is C=NNCc1cc(C)on1. The van der Waals surface area contributed by atoms with Gasteiger partial charge in [-0.2, -0.15) is 5.10 Å². The molecule has 54 valence electrons. The Kier molecular flexibility index (Phi) is 2.04. The van der Waals surface area contributed by atoms with Crippen molar-refractivity contribution in [2.24, 2.45) is 5.10 Å². The maximum Gasteiger partial charge on any atom is 0.133 e. The molecular formula is C6H9N3O. The molecule has 0 saturated carbocycles. The zero-order chi connectivity index (χ0) is 7.40. The number of aromatic nitrogens is 1. The average molecular weight is 139 g/mol. The summed E-state index contributed by atoms with van der Waals surface area (Å²) in [6.45, 7) is 5.68. The summed E-state index contributed by atoms with van der Waals surface area (Å²) in [5.41, 5.74) is 3.51. The number of hydrogen-bond acceptors (Lipinski definition) is 4. The lowest BCUT2D eigenvalue weighted by atomic mass is 10.4. The van der Waals surface area contributed by atoms with Crippen molar-refractivity contribution in [3.63, 3.8) is 0 Å². The van der Waals surface area contributed by atoms with Crippen molar-refractivity contribution in [2.45, 2.75) is 13.5 Å². The molecule has 1 N–H and O–H groups in total. The van der Waals surface area contributed by atoms with Gasteiger partial charge >= 0.3 is 0 Å². The minimum Gasteiger partial charge on any atom is -0.361 e. The molecule has 0 bridgehead atoms. The quantitative estimate of drug-likeness (QED) is 0.495. The predicted octanol–water partition coefficient (Wildman–Crippen LogP) is 0.688. The number of hydrogen-bond donors (Lipinski definition) is 1. The van der Waals surface area contributed by atoms with Crippen molar-refractivity contribution in [1.29, 1.82) is 0 Å². The molecule has 0 aliphatic rings. The molecular weight excluding hydrogens is 130 g/mol. The standard InChI is InChI=1S/C6H9N3O/c1-5-3-6(9-10-5)4-8-7-2/h3,8H,2,4H2,1H3. The van der Waals surface area contributed by atoms with Crippen LogP contribution in [0.5, 0.6) is 0 Å². The van der Waals surface area contributed by atoms with Gasteiger partial charge in [0.25, 0.3) is 0 Å². The summed E-state index contributed by atoms with van der Waals surface area (Å²) in [6.07, 6.45) is 0. The molecule has 4 nitrogen and oxygen atoms in total. The molecule has 0 radical (unpaired) electrons. The first-order chi connectivity index (χ1) is 4.83. The maximum atomic E-state index is 4.81. The molecule has 0 atom stereocenters. The van der Waals surface area contributed by atoms with Crippen LogP contribution in [0.25, 0.3) is 0 Å². The van der Waals surface area contributed by atoms with E-state index in [2.05, 4.69) is 22.4 Å². The van der Waals surface area contributed by atoms with Crippen LogP contribution in [-0.2, 0) is 6.54 Å². The van der Waals surface area contributed by atoms with Crippen molar-refractivity contribution >= 4 is 6.72 Å². The molecule has 1 aromatic rings. The summed E-state index contributed by atoms with van der Waals surface area (Å²) in [5, 5.41) is 7.19. The van der Waals surface area contributed by atoms with Gasteiger partial charge in [-0.15, -0.1) is 0 Å². The van der Waals surface area contributed by atoms with Crippen molar-refractivity contribution in [2.75, 3.05) is 0 Å². The van der Waals surface area contributed by atoms with Gasteiger partial charge in [-0.1, -0.05) is 5.16 Å². The predicted molar refractivity (Wildman–Crippen MR) is 37.6 cm³/mol. The van der Waals surface area contributed by atoms with E-state index in [4.69, 9.17) is 4.52 Å². The first-order valence-electron chi connectivity index (χ1n) is 2.93. The molecule has 0 aromatic carbocycles. The van der Waals surface area contributed by atoms with Crippen LogP contribution < -0.4 is 5.43 Å². The third kappa shape index (κ3) is 1.58. The molecule has 0 fully saturated rings. The van der Waals surface area contributed by atoms with Crippen LogP contribution >= 0.6 is 0 Å². The normalized spacial score (nSPS) is 9.30. The Balaban J connectivity index is 2.49. The monoisotopic (exact) mass is 139 g/mol. The zero-order valence-electron chi connectivity index (χ0n) is 5.79. The fourth-order valence-electron chi connectivity index (χ4n) is 0.638. The average Bonchev–Trinajstić information content (AvgIpc) is 2.31. The summed E-state index contributed by atoms with van der Waals surface area (Å²) in [5.74, 6) is 0.806. The van der Waals surface area contributed by atoms with E-state index < -0.39 is 0 Å². The molecule has 0 aliphatic heterocycles. The Labute approximate surface area is 58.9 Å². The second-order valence-electron chi connectivity index (χ2n) is 1.92. The molecule has 4 heteroatoms. The van der Waals surface area contributed by atoms with E-state index in [9.17, 15) is 0 Å². The number of nitrogens with one attached hydrogen (secondary N) is 1. The van der Waals surface area contributed by atoms with Gasteiger partial charge in [0.1, 0.15) is 11.5 Å². The first kappa shape index (κ1) is 6.80. The van der Waals surface area contributed by atoms with E-state index in [1.54, 1.807) is 0 Å². The van der Waals surface area contributed by atoms with Gasteiger partial charge in [0, 0.05) is 12.8 Å². The van der Waals surface area contributed by atoms with Crippen molar-refractivity contribution in [3.8, 4) is 0 Å². The molecule has 1 aromatic heterocycles. The van der Waals surface area contributed by atoms with Crippen LogP contribution in [-0.4, -0.2) is 11.9 Å². The third-order valence-corrected chi connectivity index (χ3v) is 1.05. The van der Waals surface area contributed by atoms with Crippen LogP contribution in [0.2, 0.25) is 0 Å². The van der Waals surface area contributed by atoms with Gasteiger partial charge in [0.05, 0.1) is 6.54 Å². The van der Waals surface area contributed by atoms with Crippen molar-refractivity contribution in [1.82, 2.24) is 10.6 Å². The Morgan fingerprint density at radius 2 is 2.70 bits per heavy atom. The third-order valence-electron chi connectivity index (χ3n) is 1.05. The van der Waals surface area contributed by atoms with Crippen LogP contribution in [0.1, 0.15) is 11.5 Å². The highest BCUT2D eigenvalue weighted by Gasteiger charge is 1.96. The van der Waals surface area contributed by atoms with E-state index in [-0.39, 0.29) is 0 Å². The zero-order valence-corrected chi connectivity index (χ0v) is 5.79. The molecule has 10 heavy (non-hydrogen) atoms. The highest BCUT2D eigenvalue weighted by molar-refractivity contribution is 5.22. The van der Waals surface area contributed by atoms with E-state index in [1.807, 2.05) is 13.0 Å². The Hall–Kier alpha value is -1.32.